The molecule has 1 radical (unpaired) electrons. The molecule has 0 aromatic heterocycles. The normalized spacial score (nSPS) is 14.7. The molecule has 1 aliphatic heterocycles. The van der Waals surface area contributed by atoms with Gasteiger partial charge in [0.05, 0.1) is 5.71 Å². The number of benzene rings is 1. The van der Waals surface area contributed by atoms with E-state index in [9.17, 15) is 0 Å². The Hall–Kier alpha value is -1.84. The van der Waals surface area contributed by atoms with Gasteiger partial charge < -0.3 is 10.6 Å². The standard InChI is InChI=1S/C10H10N3O/c11-10(12)8-3-1-7(2-4-8)9-5-6-14-13-9/h1-4,6H,5H2,(H3,11,12). The zero-order chi connectivity index (χ0) is 9.97. The quantitative estimate of drug-likeness (QED) is 0.541. The zero-order valence-electron chi connectivity index (χ0n) is 7.53. The van der Waals surface area contributed by atoms with Crippen molar-refractivity contribution < 1.29 is 4.84 Å². The molecule has 0 unspecified atom stereocenters. The third kappa shape index (κ3) is 1.59. The number of nitrogens with two attached hydrogens (primary N) is 1. The summed E-state index contributed by atoms with van der Waals surface area (Å²) in [5.41, 5.74) is 7.97. The minimum atomic E-state index is 0.0766. The molecule has 4 nitrogen and oxygen atoms in total. The second-order valence-electron chi connectivity index (χ2n) is 3.01. The molecule has 1 aliphatic rings. The number of oxime groups is 1. The first-order chi connectivity index (χ1) is 6.77. The maximum atomic E-state index is 7.23. The number of hydrogen-bond donors (Lipinski definition) is 2. The van der Waals surface area contributed by atoms with Crippen LogP contribution in [-0.4, -0.2) is 11.5 Å². The lowest BCUT2D eigenvalue weighted by Crippen LogP contribution is -2.11. The van der Waals surface area contributed by atoms with Crippen molar-refractivity contribution in [2.45, 2.75) is 6.42 Å². The lowest BCUT2D eigenvalue weighted by molar-refractivity contribution is 0.234. The first-order valence-electron chi connectivity index (χ1n) is 4.26. The number of rotatable bonds is 2. The summed E-state index contributed by atoms with van der Waals surface area (Å²) in [5, 5.41) is 11.1. The van der Waals surface area contributed by atoms with Gasteiger partial charge in [0.15, 0.2) is 6.61 Å². The molecule has 0 fully saturated rings. The maximum absolute atomic E-state index is 7.23. The molecule has 1 aromatic rings. The molecular weight excluding hydrogens is 178 g/mol. The van der Waals surface area contributed by atoms with Crippen molar-refractivity contribution in [2.24, 2.45) is 10.9 Å². The van der Waals surface area contributed by atoms with Crippen LogP contribution in [-0.2, 0) is 4.84 Å². The number of amidine groups is 1. The van der Waals surface area contributed by atoms with Crippen molar-refractivity contribution in [1.29, 1.82) is 5.41 Å². The molecule has 0 aliphatic carbocycles. The van der Waals surface area contributed by atoms with Crippen LogP contribution in [0.1, 0.15) is 17.5 Å². The maximum Gasteiger partial charge on any atom is 0.172 e. The van der Waals surface area contributed by atoms with Crippen LogP contribution in [0.2, 0.25) is 0 Å². The molecule has 0 saturated carbocycles. The van der Waals surface area contributed by atoms with Gasteiger partial charge in [-0.2, -0.15) is 0 Å². The Bertz CT molecular complexity index is 381. The van der Waals surface area contributed by atoms with Gasteiger partial charge in [-0.1, -0.05) is 29.4 Å². The van der Waals surface area contributed by atoms with Crippen LogP contribution >= 0.6 is 0 Å². The Morgan fingerprint density at radius 3 is 2.57 bits per heavy atom. The molecule has 71 valence electrons. The number of nitrogen functional groups attached to an aromatic ring is 1. The number of hydrogen-bond acceptors (Lipinski definition) is 3. The van der Waals surface area contributed by atoms with Crippen LogP contribution in [0.25, 0.3) is 0 Å². The highest BCUT2D eigenvalue weighted by Gasteiger charge is 2.10. The Balaban J connectivity index is 2.25. The Kier molecular flexibility index (Phi) is 2.18. The second kappa shape index (κ2) is 3.49. The van der Waals surface area contributed by atoms with E-state index in [0.717, 1.165) is 23.3 Å². The van der Waals surface area contributed by atoms with Crippen LogP contribution in [0, 0.1) is 12.0 Å². The molecule has 4 heteroatoms. The van der Waals surface area contributed by atoms with Crippen LogP contribution in [0.4, 0.5) is 0 Å². The van der Waals surface area contributed by atoms with Gasteiger partial charge in [-0.3, -0.25) is 5.41 Å². The van der Waals surface area contributed by atoms with E-state index in [1.165, 1.54) is 0 Å². The molecule has 0 saturated heterocycles. The highest BCUT2D eigenvalue weighted by atomic mass is 16.6. The predicted molar refractivity (Wildman–Crippen MR) is 54.0 cm³/mol. The van der Waals surface area contributed by atoms with Crippen LogP contribution in [0.5, 0.6) is 0 Å². The molecular formula is C10H10N3O. The third-order valence-corrected chi connectivity index (χ3v) is 2.04. The van der Waals surface area contributed by atoms with Crippen molar-refractivity contribution in [2.75, 3.05) is 0 Å². The monoisotopic (exact) mass is 188 g/mol. The summed E-state index contributed by atoms with van der Waals surface area (Å²) in [4.78, 5) is 4.79. The topological polar surface area (TPSA) is 71.5 Å². The van der Waals surface area contributed by atoms with Crippen LogP contribution < -0.4 is 5.73 Å². The van der Waals surface area contributed by atoms with Crippen LogP contribution in [0.3, 0.4) is 0 Å². The average molecular weight is 188 g/mol. The molecule has 0 spiro atoms. The fourth-order valence-electron chi connectivity index (χ4n) is 1.27. The molecule has 0 bridgehead atoms. The van der Waals surface area contributed by atoms with Crippen molar-refractivity contribution in [3.8, 4) is 0 Å². The Morgan fingerprint density at radius 1 is 1.36 bits per heavy atom. The van der Waals surface area contributed by atoms with Crippen LogP contribution in [0.15, 0.2) is 29.4 Å². The molecule has 0 atom stereocenters. The van der Waals surface area contributed by atoms with Gasteiger partial charge >= 0.3 is 0 Å². The fourth-order valence-corrected chi connectivity index (χ4v) is 1.27. The largest absolute Gasteiger partial charge is 0.388 e. The highest BCUT2D eigenvalue weighted by molar-refractivity contribution is 6.02. The average Bonchev–Trinajstić information content (AvgIpc) is 2.71. The van der Waals surface area contributed by atoms with Gasteiger partial charge in [-0.25, -0.2) is 0 Å². The summed E-state index contributed by atoms with van der Waals surface area (Å²) in [5.74, 6) is 0.0766. The van der Waals surface area contributed by atoms with Crippen molar-refractivity contribution in [1.82, 2.24) is 0 Å². The van der Waals surface area contributed by atoms with E-state index in [1.54, 1.807) is 18.7 Å². The lowest BCUT2D eigenvalue weighted by Gasteiger charge is -2.00. The summed E-state index contributed by atoms with van der Waals surface area (Å²) in [7, 11) is 0. The smallest absolute Gasteiger partial charge is 0.172 e. The van der Waals surface area contributed by atoms with E-state index in [2.05, 4.69) is 5.16 Å². The van der Waals surface area contributed by atoms with Gasteiger partial charge in [-0.15, -0.1) is 0 Å². The first-order valence-corrected chi connectivity index (χ1v) is 4.26. The minimum Gasteiger partial charge on any atom is -0.388 e. The van der Waals surface area contributed by atoms with E-state index in [1.807, 2.05) is 12.1 Å². The Morgan fingerprint density at radius 2 is 2.07 bits per heavy atom. The first kappa shape index (κ1) is 8.74. The van der Waals surface area contributed by atoms with E-state index < -0.39 is 0 Å². The van der Waals surface area contributed by atoms with Gasteiger partial charge in [-0.05, 0) is 5.56 Å². The van der Waals surface area contributed by atoms with E-state index in [0.29, 0.717) is 0 Å². The van der Waals surface area contributed by atoms with E-state index in [-0.39, 0.29) is 5.84 Å². The predicted octanol–water partition coefficient (Wildman–Crippen LogP) is 1.26. The summed E-state index contributed by atoms with van der Waals surface area (Å²) in [6.45, 7) is 1.65. The molecule has 1 heterocycles. The zero-order valence-corrected chi connectivity index (χ0v) is 7.53. The molecule has 1 aromatic carbocycles. The lowest BCUT2D eigenvalue weighted by atomic mass is 10.1. The summed E-state index contributed by atoms with van der Waals surface area (Å²) >= 11 is 0. The minimum absolute atomic E-state index is 0.0766. The van der Waals surface area contributed by atoms with Gasteiger partial charge in [0.1, 0.15) is 5.84 Å². The van der Waals surface area contributed by atoms with Gasteiger partial charge in [0, 0.05) is 12.0 Å². The van der Waals surface area contributed by atoms with E-state index in [4.69, 9.17) is 16.0 Å². The SMILES string of the molecule is N=C(N)c1ccc(C2=NO[CH]C2)cc1. The van der Waals surface area contributed by atoms with E-state index >= 15 is 0 Å². The fraction of sp³-hybridized carbons (Fsp3) is 0.100. The van der Waals surface area contributed by atoms with Crippen molar-refractivity contribution in [3.05, 3.63) is 42.0 Å². The summed E-state index contributed by atoms with van der Waals surface area (Å²) in [6, 6.07) is 7.38. The van der Waals surface area contributed by atoms with Gasteiger partial charge in [0.2, 0.25) is 0 Å². The van der Waals surface area contributed by atoms with Crippen molar-refractivity contribution >= 4 is 11.5 Å². The molecule has 3 N–H and O–H groups in total. The third-order valence-electron chi connectivity index (χ3n) is 2.04. The molecule has 2 rings (SSSR count). The number of nitrogens with zero attached hydrogens (tertiary/aromatic N) is 1. The molecule has 0 amide bonds. The van der Waals surface area contributed by atoms with Gasteiger partial charge in [0.25, 0.3) is 0 Å². The Labute approximate surface area is 81.9 Å². The number of nitrogens with one attached hydrogen (secondary N) is 1. The van der Waals surface area contributed by atoms with Crippen molar-refractivity contribution in [3.63, 3.8) is 0 Å². The highest BCUT2D eigenvalue weighted by Crippen LogP contribution is 2.13. The molecule has 14 heavy (non-hydrogen) atoms. The summed E-state index contributed by atoms with van der Waals surface area (Å²) < 4.78 is 0. The second-order valence-corrected chi connectivity index (χ2v) is 3.01. The summed E-state index contributed by atoms with van der Waals surface area (Å²) in [6.07, 6.45) is 0.722.